The van der Waals surface area contributed by atoms with E-state index in [9.17, 15) is 0 Å². The van der Waals surface area contributed by atoms with Gasteiger partial charge in [0.15, 0.2) is 22.8 Å². The predicted molar refractivity (Wildman–Crippen MR) is 225 cm³/mol. The van der Waals surface area contributed by atoms with Crippen LogP contribution in [0.25, 0.3) is 66.7 Å². The number of hydrogen-bond donors (Lipinski definition) is 4. The molecule has 0 aliphatic rings. The van der Waals surface area contributed by atoms with Crippen LogP contribution in [0.15, 0.2) is 112 Å². The van der Waals surface area contributed by atoms with Crippen LogP contribution in [-0.4, -0.2) is 59.5 Å². The van der Waals surface area contributed by atoms with Crippen LogP contribution in [0.3, 0.4) is 0 Å². The number of anilines is 4. The van der Waals surface area contributed by atoms with Crippen molar-refractivity contribution in [2.24, 2.45) is 0 Å². The van der Waals surface area contributed by atoms with Crippen LogP contribution in [0, 0.1) is 13.8 Å². The first kappa shape index (κ1) is 36.3. The molecular weight excluding hydrogens is 775 g/mol. The summed E-state index contributed by atoms with van der Waals surface area (Å²) >= 11 is 3.33. The summed E-state index contributed by atoms with van der Waals surface area (Å²) in [6.45, 7) is 4.10. The molecule has 0 amide bonds. The number of H-pyrrole nitrogens is 2. The number of rotatable bonds is 10. The minimum atomic E-state index is 0.541. The quantitative estimate of drug-likeness (QED) is 0.102. The zero-order valence-corrected chi connectivity index (χ0v) is 33.0. The lowest BCUT2D eigenvalue weighted by Gasteiger charge is -2.13. The van der Waals surface area contributed by atoms with Gasteiger partial charge in [-0.3, -0.25) is 10.2 Å². The van der Waals surface area contributed by atoms with Gasteiger partial charge in [-0.05, 0) is 97.1 Å². The smallest absolute Gasteiger partial charge is 0.186 e. The maximum atomic E-state index is 5.57. The number of aryl methyl sites for hydroxylation is 2. The van der Waals surface area contributed by atoms with Gasteiger partial charge in [-0.25, -0.2) is 24.9 Å². The van der Waals surface area contributed by atoms with E-state index in [1.54, 1.807) is 49.4 Å². The third-order valence-electron chi connectivity index (χ3n) is 9.18. The standard InChI is InChI=1S/C21H17N5O2S.C20H16N6O2S/c1-12-7-9-29-19(12)13-5-6-15(27-2)14(10-13)24-20-17-18(16-4-3-8-28-16)25-26-21(17)23-11-22-20;1-11-23-14(9-29-11)12-5-6-15(27-2)13(8-12)24-19-17-18(16-4-3-7-28-16)25-26-20(17)22-10-21-19/h3-11H,1-2H3,(H2,22,23,24,25,26);3-10H,1-2H3,(H2,21,22,24,25,26). The van der Waals surface area contributed by atoms with E-state index in [-0.39, 0.29) is 0 Å². The van der Waals surface area contributed by atoms with Gasteiger partial charge in [0.05, 0.1) is 59.6 Å². The van der Waals surface area contributed by atoms with E-state index in [1.165, 1.54) is 23.1 Å². The largest absolute Gasteiger partial charge is 0.495 e. The average Bonchev–Trinajstić information content (AvgIpc) is 4.10. The van der Waals surface area contributed by atoms with Crippen molar-refractivity contribution in [3.63, 3.8) is 0 Å². The molecule has 0 saturated carbocycles. The molecule has 0 atom stereocenters. The normalized spacial score (nSPS) is 11.1. The number of furan rings is 2. The molecule has 0 aliphatic carbocycles. The number of aromatic amines is 2. The summed E-state index contributed by atoms with van der Waals surface area (Å²) < 4.78 is 22.2. The third-order valence-corrected chi connectivity index (χ3v) is 11.0. The second-order valence-electron chi connectivity index (χ2n) is 12.8. The lowest BCUT2D eigenvalue weighted by Crippen LogP contribution is -1.99. The van der Waals surface area contributed by atoms with Crippen molar-refractivity contribution in [2.75, 3.05) is 24.9 Å². The molecule has 4 N–H and O–H groups in total. The monoisotopic (exact) mass is 807 g/mol. The van der Waals surface area contributed by atoms with Crippen LogP contribution < -0.4 is 20.1 Å². The fourth-order valence-corrected chi connectivity index (χ4v) is 7.98. The number of nitrogens with one attached hydrogen (secondary N) is 4. The van der Waals surface area contributed by atoms with Gasteiger partial charge in [-0.1, -0.05) is 0 Å². The number of thiazole rings is 1. The van der Waals surface area contributed by atoms with Crippen molar-refractivity contribution in [2.45, 2.75) is 13.8 Å². The molecule has 2 aromatic carbocycles. The number of hydrogen-bond acceptors (Lipinski definition) is 15. The van der Waals surface area contributed by atoms with Gasteiger partial charge < -0.3 is 28.9 Å². The van der Waals surface area contributed by atoms with E-state index >= 15 is 0 Å². The van der Waals surface area contributed by atoms with Crippen molar-refractivity contribution in [3.8, 4) is 56.1 Å². The van der Waals surface area contributed by atoms with Crippen molar-refractivity contribution < 1.29 is 18.3 Å². The SMILES string of the molecule is COc1ccc(-c2csc(C)n2)cc1Nc1ncnc2n[nH]c(-c3ccco3)c12.COc1ccc(-c2sccc2C)cc1Nc1ncnc2n[nH]c(-c3ccco3)c12. The number of benzene rings is 2. The van der Waals surface area contributed by atoms with E-state index in [2.05, 4.69) is 86.5 Å². The molecule has 0 spiro atoms. The van der Waals surface area contributed by atoms with E-state index in [0.29, 0.717) is 45.9 Å². The summed E-state index contributed by atoms with van der Waals surface area (Å²) in [7, 11) is 3.28. The molecule has 10 aromatic rings. The number of aromatic nitrogens is 9. The topological polar surface area (TPSA) is 191 Å². The summed E-state index contributed by atoms with van der Waals surface area (Å²) in [6, 6.07) is 21.5. The summed E-state index contributed by atoms with van der Waals surface area (Å²) in [6.07, 6.45) is 6.19. The number of ether oxygens (including phenoxy) is 2. The Balaban J connectivity index is 0.000000150. The van der Waals surface area contributed by atoms with Crippen molar-refractivity contribution in [3.05, 3.63) is 113 Å². The van der Waals surface area contributed by atoms with Crippen molar-refractivity contribution in [1.82, 2.24) is 45.3 Å². The second-order valence-corrected chi connectivity index (χ2v) is 14.7. The zero-order chi connectivity index (χ0) is 39.6. The summed E-state index contributed by atoms with van der Waals surface area (Å²) in [5.41, 5.74) is 8.36. The predicted octanol–water partition coefficient (Wildman–Crippen LogP) is 10.2. The Morgan fingerprint density at radius 3 is 1.71 bits per heavy atom. The molecule has 8 heterocycles. The minimum absolute atomic E-state index is 0.541. The third kappa shape index (κ3) is 6.99. The molecular formula is C41H33N11O4S2. The van der Waals surface area contributed by atoms with Crippen LogP contribution in [0.4, 0.5) is 23.0 Å². The van der Waals surface area contributed by atoms with Gasteiger partial charge >= 0.3 is 0 Å². The first-order valence-electron chi connectivity index (χ1n) is 17.8. The van der Waals surface area contributed by atoms with Gasteiger partial charge in [-0.15, -0.1) is 22.7 Å². The highest BCUT2D eigenvalue weighted by Crippen LogP contribution is 2.39. The molecule has 0 radical (unpaired) electrons. The minimum Gasteiger partial charge on any atom is -0.495 e. The molecule has 10 rings (SSSR count). The molecule has 0 fully saturated rings. The van der Waals surface area contributed by atoms with E-state index in [4.69, 9.17) is 18.3 Å². The Morgan fingerprint density at radius 1 is 0.655 bits per heavy atom. The van der Waals surface area contributed by atoms with Gasteiger partial charge in [0, 0.05) is 15.8 Å². The lowest BCUT2D eigenvalue weighted by molar-refractivity contribution is 0.417. The van der Waals surface area contributed by atoms with Gasteiger partial charge in [0.2, 0.25) is 0 Å². The molecule has 8 aromatic heterocycles. The average molecular weight is 808 g/mol. The van der Waals surface area contributed by atoms with Crippen LogP contribution in [0.1, 0.15) is 10.6 Å². The molecule has 15 nitrogen and oxygen atoms in total. The summed E-state index contributed by atoms with van der Waals surface area (Å²) in [5.74, 6) is 3.95. The van der Waals surface area contributed by atoms with Crippen LogP contribution >= 0.6 is 22.7 Å². The molecule has 17 heteroatoms. The molecule has 0 bridgehead atoms. The Labute approximate surface area is 338 Å². The molecule has 288 valence electrons. The number of nitrogens with zero attached hydrogens (tertiary/aromatic N) is 7. The van der Waals surface area contributed by atoms with Gasteiger partial charge in [0.1, 0.15) is 47.2 Å². The highest BCUT2D eigenvalue weighted by molar-refractivity contribution is 7.13. The number of thiophene rings is 1. The first-order chi connectivity index (χ1) is 28.5. The Morgan fingerprint density at radius 2 is 1.22 bits per heavy atom. The number of fused-ring (bicyclic) bond motifs is 2. The van der Waals surface area contributed by atoms with E-state index < -0.39 is 0 Å². The van der Waals surface area contributed by atoms with Gasteiger partial charge in [0.25, 0.3) is 0 Å². The zero-order valence-electron chi connectivity index (χ0n) is 31.4. The maximum Gasteiger partial charge on any atom is 0.186 e. The first-order valence-corrected chi connectivity index (χ1v) is 19.6. The molecule has 58 heavy (non-hydrogen) atoms. The Kier molecular flexibility index (Phi) is 9.78. The Bertz CT molecular complexity index is 2990. The van der Waals surface area contributed by atoms with Crippen molar-refractivity contribution in [1.29, 1.82) is 0 Å². The van der Waals surface area contributed by atoms with Crippen molar-refractivity contribution >= 4 is 67.8 Å². The summed E-state index contributed by atoms with van der Waals surface area (Å²) in [4.78, 5) is 23.2. The maximum absolute atomic E-state index is 5.57. The van der Waals surface area contributed by atoms with Crippen LogP contribution in [0.2, 0.25) is 0 Å². The lowest BCUT2D eigenvalue weighted by atomic mass is 10.1. The van der Waals surface area contributed by atoms with E-state index in [1.807, 2.05) is 60.8 Å². The highest BCUT2D eigenvalue weighted by Gasteiger charge is 2.20. The fraction of sp³-hybridized carbons (Fsp3) is 0.0976. The summed E-state index contributed by atoms with van der Waals surface area (Å²) in [5, 5.41) is 27.9. The van der Waals surface area contributed by atoms with Gasteiger partial charge in [-0.2, -0.15) is 10.2 Å². The Hall–Kier alpha value is -7.37. The van der Waals surface area contributed by atoms with Crippen LogP contribution in [0.5, 0.6) is 11.5 Å². The molecule has 0 aliphatic heterocycles. The fourth-order valence-electron chi connectivity index (χ4n) is 6.43. The highest BCUT2D eigenvalue weighted by atomic mass is 32.1. The molecule has 0 unspecified atom stereocenters. The second kappa shape index (κ2) is 15.6. The van der Waals surface area contributed by atoms with E-state index in [0.717, 1.165) is 55.4 Å². The van der Waals surface area contributed by atoms with Crippen LogP contribution in [-0.2, 0) is 0 Å². The molecule has 0 saturated heterocycles. The number of methoxy groups -OCH3 is 2.